The molecule has 2 atom stereocenters. The molecule has 78 valence electrons. The van der Waals surface area contributed by atoms with Crippen LogP contribution in [0.3, 0.4) is 0 Å². The molecule has 1 aromatic carbocycles. The lowest BCUT2D eigenvalue weighted by atomic mass is 9.87. The van der Waals surface area contributed by atoms with E-state index in [2.05, 4.69) is 0 Å². The summed E-state index contributed by atoms with van der Waals surface area (Å²) in [7, 11) is 0. The summed E-state index contributed by atoms with van der Waals surface area (Å²) in [5, 5.41) is -0.147. The molecule has 0 amide bonds. The first-order valence-corrected chi connectivity index (χ1v) is 5.62. The molecule has 0 heterocycles. The highest BCUT2D eigenvalue weighted by molar-refractivity contribution is 6.24. The Balaban J connectivity index is 2.18. The van der Waals surface area contributed by atoms with E-state index in [9.17, 15) is 4.79 Å². The third-order valence-corrected chi connectivity index (χ3v) is 3.19. The van der Waals surface area contributed by atoms with Crippen molar-refractivity contribution < 1.29 is 4.79 Å². The Morgan fingerprint density at radius 3 is 2.67 bits per heavy atom. The second-order valence-electron chi connectivity index (χ2n) is 3.79. The molecule has 2 unspecified atom stereocenters. The van der Waals surface area contributed by atoms with Crippen molar-refractivity contribution in [2.75, 3.05) is 0 Å². The number of hydrogen-bond acceptors (Lipinski definition) is 1. The molecule has 2 rings (SSSR count). The van der Waals surface area contributed by atoms with Gasteiger partial charge in [0.1, 0.15) is 0 Å². The molecule has 1 aliphatic rings. The number of allylic oxidation sites excluding steroid dienone is 2. The number of Topliss-reactive ketones (excluding diaryl/α,β-unsaturated/α-hetero) is 1. The third kappa shape index (κ3) is 2.29. The van der Waals surface area contributed by atoms with Gasteiger partial charge in [0.2, 0.25) is 0 Å². The Morgan fingerprint density at radius 1 is 1.27 bits per heavy atom. The van der Waals surface area contributed by atoms with Gasteiger partial charge in [0.05, 0.1) is 5.38 Å². The Labute approximate surface area is 94.8 Å². The van der Waals surface area contributed by atoms with Crippen LogP contribution in [0.2, 0.25) is 0 Å². The zero-order valence-corrected chi connectivity index (χ0v) is 9.15. The fourth-order valence-corrected chi connectivity index (χ4v) is 2.23. The van der Waals surface area contributed by atoms with E-state index in [1.165, 1.54) is 0 Å². The van der Waals surface area contributed by atoms with Crippen LogP contribution in [0.25, 0.3) is 0 Å². The van der Waals surface area contributed by atoms with Crippen LogP contribution in [0.4, 0.5) is 0 Å². The van der Waals surface area contributed by atoms with Gasteiger partial charge in [-0.2, -0.15) is 0 Å². The van der Waals surface area contributed by atoms with Crippen LogP contribution in [0.15, 0.2) is 42.5 Å². The Kier molecular flexibility index (Phi) is 3.22. The van der Waals surface area contributed by atoms with Crippen molar-refractivity contribution in [3.63, 3.8) is 0 Å². The molecule has 0 aliphatic heterocycles. The maximum Gasteiger partial charge on any atom is 0.167 e. The lowest BCUT2D eigenvalue weighted by molar-refractivity contribution is 0.0915. The highest BCUT2D eigenvalue weighted by atomic mass is 35.5. The number of benzene rings is 1. The molecule has 1 aliphatic carbocycles. The Bertz CT molecular complexity index is 369. The highest BCUT2D eigenvalue weighted by Gasteiger charge is 2.27. The zero-order valence-electron chi connectivity index (χ0n) is 8.40. The minimum Gasteiger partial charge on any atom is -0.294 e. The van der Waals surface area contributed by atoms with Crippen LogP contribution < -0.4 is 0 Å². The van der Waals surface area contributed by atoms with Crippen molar-refractivity contribution in [3.05, 3.63) is 48.0 Å². The van der Waals surface area contributed by atoms with Crippen molar-refractivity contribution in [1.29, 1.82) is 0 Å². The van der Waals surface area contributed by atoms with Gasteiger partial charge in [0.25, 0.3) is 0 Å². The molecule has 0 fully saturated rings. The Hall–Kier alpha value is -1.08. The molecule has 15 heavy (non-hydrogen) atoms. The van der Waals surface area contributed by atoms with Gasteiger partial charge < -0.3 is 0 Å². The molecule has 0 saturated carbocycles. The van der Waals surface area contributed by atoms with E-state index in [-0.39, 0.29) is 17.1 Å². The lowest BCUT2D eigenvalue weighted by Crippen LogP contribution is -2.25. The number of rotatable bonds is 2. The first-order valence-electron chi connectivity index (χ1n) is 5.19. The molecule has 1 aromatic rings. The number of halogens is 1. The third-order valence-electron chi connectivity index (χ3n) is 2.74. The van der Waals surface area contributed by atoms with Crippen LogP contribution in [-0.2, 0) is 0 Å². The zero-order chi connectivity index (χ0) is 10.7. The monoisotopic (exact) mass is 220 g/mol. The second kappa shape index (κ2) is 4.63. The maximum absolute atomic E-state index is 12.1. The molecule has 1 nitrogen and oxygen atoms in total. The molecule has 0 radical (unpaired) electrons. The quantitative estimate of drug-likeness (QED) is 0.424. The smallest absolute Gasteiger partial charge is 0.167 e. The minimum atomic E-state index is -0.147. The molecular formula is C13H13ClO. The predicted molar refractivity (Wildman–Crippen MR) is 62.3 cm³/mol. The van der Waals surface area contributed by atoms with Gasteiger partial charge >= 0.3 is 0 Å². The summed E-state index contributed by atoms with van der Waals surface area (Å²) < 4.78 is 0. The summed E-state index contributed by atoms with van der Waals surface area (Å²) >= 11 is 6.12. The van der Waals surface area contributed by atoms with Crippen molar-refractivity contribution in [1.82, 2.24) is 0 Å². The fourth-order valence-electron chi connectivity index (χ4n) is 1.89. The molecule has 0 N–H and O–H groups in total. The SMILES string of the molecule is O=C(c1ccccc1)C1CCC=CC1Cl. The number of alkyl halides is 1. The summed E-state index contributed by atoms with van der Waals surface area (Å²) in [5.41, 5.74) is 0.767. The summed E-state index contributed by atoms with van der Waals surface area (Å²) in [6.45, 7) is 0. The molecule has 0 saturated heterocycles. The van der Waals surface area contributed by atoms with Crippen LogP contribution in [0.5, 0.6) is 0 Å². The normalized spacial score (nSPS) is 25.1. The van der Waals surface area contributed by atoms with Crippen LogP contribution in [-0.4, -0.2) is 11.2 Å². The van der Waals surface area contributed by atoms with Crippen molar-refractivity contribution in [2.45, 2.75) is 18.2 Å². The van der Waals surface area contributed by atoms with Gasteiger partial charge in [0, 0.05) is 11.5 Å². The van der Waals surface area contributed by atoms with E-state index in [1.54, 1.807) is 0 Å². The van der Waals surface area contributed by atoms with Crippen LogP contribution >= 0.6 is 11.6 Å². The van der Waals surface area contributed by atoms with Gasteiger partial charge in [-0.3, -0.25) is 4.79 Å². The number of hydrogen-bond donors (Lipinski definition) is 0. The minimum absolute atomic E-state index is 0.0564. The van der Waals surface area contributed by atoms with Gasteiger partial charge in [-0.15, -0.1) is 11.6 Å². The van der Waals surface area contributed by atoms with E-state index >= 15 is 0 Å². The molecule has 2 heteroatoms. The summed E-state index contributed by atoms with van der Waals surface area (Å²) in [6, 6.07) is 9.38. The molecule has 0 spiro atoms. The second-order valence-corrected chi connectivity index (χ2v) is 4.29. The molecule has 0 aromatic heterocycles. The first kappa shape index (κ1) is 10.4. The lowest BCUT2D eigenvalue weighted by Gasteiger charge is -2.21. The summed E-state index contributed by atoms with van der Waals surface area (Å²) in [6.07, 6.45) is 5.79. The Morgan fingerprint density at radius 2 is 2.00 bits per heavy atom. The van der Waals surface area contributed by atoms with Gasteiger partial charge in [0.15, 0.2) is 5.78 Å². The largest absolute Gasteiger partial charge is 0.294 e. The van der Waals surface area contributed by atoms with Gasteiger partial charge in [-0.25, -0.2) is 0 Å². The molecular weight excluding hydrogens is 208 g/mol. The number of carbonyl (C=O) groups is 1. The fraction of sp³-hybridized carbons (Fsp3) is 0.308. The van der Waals surface area contributed by atoms with Crippen molar-refractivity contribution in [3.8, 4) is 0 Å². The van der Waals surface area contributed by atoms with Crippen LogP contribution in [0.1, 0.15) is 23.2 Å². The van der Waals surface area contributed by atoms with Gasteiger partial charge in [-0.05, 0) is 12.8 Å². The topological polar surface area (TPSA) is 17.1 Å². The average Bonchev–Trinajstić information content (AvgIpc) is 2.30. The van der Waals surface area contributed by atoms with Crippen molar-refractivity contribution in [2.24, 2.45) is 5.92 Å². The highest BCUT2D eigenvalue weighted by Crippen LogP contribution is 2.26. The number of carbonyl (C=O) groups excluding carboxylic acids is 1. The van der Waals surface area contributed by atoms with E-state index in [4.69, 9.17) is 11.6 Å². The average molecular weight is 221 g/mol. The molecule has 0 bridgehead atoms. The summed E-state index contributed by atoms with van der Waals surface area (Å²) in [5.74, 6) is 0.110. The van der Waals surface area contributed by atoms with Gasteiger partial charge in [-0.1, -0.05) is 42.5 Å². The summed E-state index contributed by atoms with van der Waals surface area (Å²) in [4.78, 5) is 12.1. The van der Waals surface area contributed by atoms with Crippen LogP contribution in [0, 0.1) is 5.92 Å². The standard InChI is InChI=1S/C13H13ClO/c14-12-9-5-4-8-11(12)13(15)10-6-2-1-3-7-10/h1-3,5-7,9,11-12H,4,8H2. The van der Waals surface area contributed by atoms with E-state index in [1.807, 2.05) is 42.5 Å². The maximum atomic E-state index is 12.1. The predicted octanol–water partition coefficient (Wildman–Crippen LogP) is 3.44. The number of ketones is 1. The van der Waals surface area contributed by atoms with E-state index in [0.29, 0.717) is 0 Å². The van der Waals surface area contributed by atoms with Crippen molar-refractivity contribution >= 4 is 17.4 Å². The van der Waals surface area contributed by atoms with E-state index < -0.39 is 0 Å². The van der Waals surface area contributed by atoms with E-state index in [0.717, 1.165) is 18.4 Å². The first-order chi connectivity index (χ1) is 7.29.